The van der Waals surface area contributed by atoms with Gasteiger partial charge in [-0.25, -0.2) is 19.9 Å². The van der Waals surface area contributed by atoms with Crippen LogP contribution in [0.4, 0.5) is 11.8 Å². The van der Waals surface area contributed by atoms with Gasteiger partial charge in [-0.15, -0.1) is 0 Å². The number of nitrogens with two attached hydrogens (primary N) is 1. The fourth-order valence-electron chi connectivity index (χ4n) is 5.26. The number of rotatable bonds is 4. The van der Waals surface area contributed by atoms with Gasteiger partial charge in [0.15, 0.2) is 5.65 Å². The molecule has 0 amide bonds. The number of morpholine rings is 1. The maximum atomic E-state index is 6.03. The molecule has 33 heavy (non-hydrogen) atoms. The molecule has 10 heteroatoms. The summed E-state index contributed by atoms with van der Waals surface area (Å²) in [6, 6.07) is 0.333. The fraction of sp³-hybridized carbons (Fsp3) is 0.522. The van der Waals surface area contributed by atoms with E-state index in [1.165, 1.54) is 0 Å². The molecule has 3 aromatic heterocycles. The van der Waals surface area contributed by atoms with E-state index in [-0.39, 0.29) is 12.2 Å². The Morgan fingerprint density at radius 2 is 1.79 bits per heavy atom. The first kappa shape index (κ1) is 20.3. The topological polar surface area (TPSA) is 111 Å². The van der Waals surface area contributed by atoms with E-state index in [2.05, 4.69) is 37.8 Å². The highest BCUT2D eigenvalue weighted by Gasteiger charge is 2.35. The molecule has 0 aromatic carbocycles. The highest BCUT2D eigenvalue weighted by molar-refractivity contribution is 5.87. The monoisotopic (exact) mass is 447 g/mol. The number of ether oxygens (including phenoxy) is 1. The summed E-state index contributed by atoms with van der Waals surface area (Å²) in [5, 5.41) is 0. The molecular weight excluding hydrogens is 418 g/mol. The van der Waals surface area contributed by atoms with Gasteiger partial charge < -0.3 is 24.8 Å². The molecule has 3 aliphatic heterocycles. The first-order valence-corrected chi connectivity index (χ1v) is 11.7. The van der Waals surface area contributed by atoms with E-state index in [4.69, 9.17) is 25.4 Å². The Balaban J connectivity index is 1.42. The van der Waals surface area contributed by atoms with Crippen LogP contribution in [0.5, 0.6) is 0 Å². The van der Waals surface area contributed by atoms with Crippen LogP contribution in [0.3, 0.4) is 0 Å². The molecule has 3 aliphatic rings. The van der Waals surface area contributed by atoms with Crippen molar-refractivity contribution in [3.8, 4) is 11.4 Å². The Morgan fingerprint density at radius 1 is 1.03 bits per heavy atom. The van der Waals surface area contributed by atoms with Crippen molar-refractivity contribution >= 4 is 22.9 Å². The molecule has 0 saturated carbocycles. The molecule has 3 saturated heterocycles. The predicted molar refractivity (Wildman–Crippen MR) is 126 cm³/mol. The van der Waals surface area contributed by atoms with Crippen molar-refractivity contribution in [3.05, 3.63) is 31.0 Å². The molecule has 6 heterocycles. The molecule has 2 N–H and O–H groups in total. The third-order valence-corrected chi connectivity index (χ3v) is 7.05. The van der Waals surface area contributed by atoms with Gasteiger partial charge >= 0.3 is 0 Å². The Kier molecular flexibility index (Phi) is 4.90. The summed E-state index contributed by atoms with van der Waals surface area (Å²) in [6.45, 7) is 9.75. The first-order valence-electron chi connectivity index (χ1n) is 11.7. The average molecular weight is 448 g/mol. The zero-order chi connectivity index (χ0) is 22.5. The van der Waals surface area contributed by atoms with Gasteiger partial charge in [0, 0.05) is 37.9 Å². The lowest BCUT2D eigenvalue weighted by molar-refractivity contribution is 0.0299. The van der Waals surface area contributed by atoms with Gasteiger partial charge in [0.2, 0.25) is 5.95 Å². The molecule has 3 aromatic rings. The van der Waals surface area contributed by atoms with E-state index >= 15 is 0 Å². The van der Waals surface area contributed by atoms with Crippen LogP contribution in [0, 0.1) is 0 Å². The van der Waals surface area contributed by atoms with Crippen LogP contribution in [0.1, 0.15) is 38.6 Å². The fourth-order valence-corrected chi connectivity index (χ4v) is 5.26. The minimum atomic E-state index is 0.249. The van der Waals surface area contributed by atoms with Gasteiger partial charge in [0.1, 0.15) is 22.7 Å². The number of anilines is 2. The van der Waals surface area contributed by atoms with E-state index in [1.54, 1.807) is 12.4 Å². The molecule has 172 valence electrons. The first-order chi connectivity index (χ1) is 16.0. The molecule has 2 bridgehead atoms. The quantitative estimate of drug-likeness (QED) is 0.644. The number of hydrogen-bond donors (Lipinski definition) is 1. The standard InChI is InChI=1S/C23H29N9O/c1-14(2)30-7-5-15(6-8-30)32-13-27-21-20(18-9-26-19(24)10-25-18)28-23(29-22(21)32)31-11-16-3-4-17(12-31)33-16/h9-10,13,15-17H,1,3-8,11-12H2,2H3,(H2,24,26). The zero-order valence-corrected chi connectivity index (χ0v) is 18.9. The average Bonchev–Trinajstić information content (AvgIpc) is 3.41. The normalized spacial score (nSPS) is 23.4. The van der Waals surface area contributed by atoms with Crippen molar-refractivity contribution in [3.63, 3.8) is 0 Å². The zero-order valence-electron chi connectivity index (χ0n) is 18.9. The predicted octanol–water partition coefficient (Wildman–Crippen LogP) is 2.40. The van der Waals surface area contributed by atoms with Crippen molar-refractivity contribution in [2.45, 2.75) is 50.9 Å². The summed E-state index contributed by atoms with van der Waals surface area (Å²) in [7, 11) is 0. The molecule has 0 radical (unpaired) electrons. The second-order valence-electron chi connectivity index (χ2n) is 9.34. The van der Waals surface area contributed by atoms with E-state index in [9.17, 15) is 0 Å². The van der Waals surface area contributed by atoms with Gasteiger partial charge in [-0.2, -0.15) is 4.98 Å². The number of imidazole rings is 1. The summed E-state index contributed by atoms with van der Waals surface area (Å²) >= 11 is 0. The van der Waals surface area contributed by atoms with Gasteiger partial charge in [-0.1, -0.05) is 6.58 Å². The van der Waals surface area contributed by atoms with Crippen LogP contribution in [-0.2, 0) is 4.74 Å². The number of nitrogens with zero attached hydrogens (tertiary/aromatic N) is 8. The minimum absolute atomic E-state index is 0.249. The van der Waals surface area contributed by atoms with Crippen molar-refractivity contribution in [1.82, 2.24) is 34.4 Å². The van der Waals surface area contributed by atoms with E-state index in [0.29, 0.717) is 29.2 Å². The summed E-state index contributed by atoms with van der Waals surface area (Å²) in [5.74, 6) is 1.08. The number of allylic oxidation sites excluding steroid dienone is 1. The SMILES string of the molecule is C=C(C)N1CCC(n2cnc3c(-c4cnc(N)cn4)nc(N4CC5CCC(C4)O5)nc32)CC1. The molecule has 6 rings (SSSR count). The maximum absolute atomic E-state index is 6.03. The summed E-state index contributed by atoms with van der Waals surface area (Å²) in [5.41, 5.74) is 9.84. The van der Waals surface area contributed by atoms with Crippen LogP contribution in [0.2, 0.25) is 0 Å². The third-order valence-electron chi connectivity index (χ3n) is 7.05. The molecule has 0 spiro atoms. The largest absolute Gasteiger partial charge is 0.382 e. The van der Waals surface area contributed by atoms with E-state index in [1.807, 2.05) is 6.33 Å². The lowest BCUT2D eigenvalue weighted by Crippen LogP contribution is -2.43. The Morgan fingerprint density at radius 3 is 2.45 bits per heavy atom. The van der Waals surface area contributed by atoms with E-state index < -0.39 is 0 Å². The molecular formula is C23H29N9O. The van der Waals surface area contributed by atoms with Crippen LogP contribution < -0.4 is 10.6 Å². The lowest BCUT2D eigenvalue weighted by atomic mass is 10.0. The van der Waals surface area contributed by atoms with Crippen LogP contribution in [-0.4, -0.2) is 72.8 Å². The Bertz CT molecular complexity index is 1170. The molecule has 0 aliphatic carbocycles. The van der Waals surface area contributed by atoms with Crippen LogP contribution >= 0.6 is 0 Å². The van der Waals surface area contributed by atoms with Crippen LogP contribution in [0.25, 0.3) is 22.6 Å². The van der Waals surface area contributed by atoms with Gasteiger partial charge in [0.05, 0.1) is 30.9 Å². The Hall–Kier alpha value is -3.27. The number of likely N-dealkylation sites (tertiary alicyclic amines) is 1. The number of fused-ring (bicyclic) bond motifs is 3. The summed E-state index contributed by atoms with van der Waals surface area (Å²) < 4.78 is 8.26. The van der Waals surface area contributed by atoms with Crippen molar-refractivity contribution < 1.29 is 4.74 Å². The van der Waals surface area contributed by atoms with Crippen molar-refractivity contribution in [1.29, 1.82) is 0 Å². The Labute approximate surface area is 192 Å². The van der Waals surface area contributed by atoms with Crippen LogP contribution in [0.15, 0.2) is 31.0 Å². The number of nitrogen functional groups attached to an aromatic ring is 1. The van der Waals surface area contributed by atoms with Gasteiger partial charge in [-0.05, 0) is 32.6 Å². The minimum Gasteiger partial charge on any atom is -0.382 e. The van der Waals surface area contributed by atoms with Gasteiger partial charge in [0.25, 0.3) is 0 Å². The molecule has 2 unspecified atom stereocenters. The van der Waals surface area contributed by atoms with Crippen molar-refractivity contribution in [2.24, 2.45) is 0 Å². The van der Waals surface area contributed by atoms with Gasteiger partial charge in [-0.3, -0.25) is 0 Å². The molecule has 3 fully saturated rings. The third kappa shape index (κ3) is 3.68. The number of aromatic nitrogens is 6. The molecule has 10 nitrogen and oxygen atoms in total. The van der Waals surface area contributed by atoms with E-state index in [0.717, 1.165) is 68.7 Å². The number of hydrogen-bond acceptors (Lipinski definition) is 9. The smallest absolute Gasteiger partial charge is 0.228 e. The lowest BCUT2D eigenvalue weighted by Gasteiger charge is -2.34. The van der Waals surface area contributed by atoms with Crippen molar-refractivity contribution in [2.75, 3.05) is 36.8 Å². The summed E-state index contributed by atoms with van der Waals surface area (Å²) in [6.07, 6.45) is 9.86. The second kappa shape index (κ2) is 7.95. The summed E-state index contributed by atoms with van der Waals surface area (Å²) in [4.78, 5) is 28.0. The molecule has 2 atom stereocenters. The second-order valence-corrected chi connectivity index (χ2v) is 9.34. The maximum Gasteiger partial charge on any atom is 0.228 e. The number of piperidine rings is 1. The highest BCUT2D eigenvalue weighted by atomic mass is 16.5. The highest BCUT2D eigenvalue weighted by Crippen LogP contribution is 2.33.